The van der Waals surface area contributed by atoms with Crippen molar-refractivity contribution in [1.29, 1.82) is 0 Å². The van der Waals surface area contributed by atoms with E-state index in [4.69, 9.17) is 0 Å². The van der Waals surface area contributed by atoms with Gasteiger partial charge in [-0.3, -0.25) is 19.7 Å². The number of aromatic nitrogens is 2. The fourth-order valence-corrected chi connectivity index (χ4v) is 4.09. The van der Waals surface area contributed by atoms with Crippen molar-refractivity contribution in [2.45, 2.75) is 24.9 Å². The predicted molar refractivity (Wildman–Crippen MR) is 107 cm³/mol. The highest BCUT2D eigenvalue weighted by Crippen LogP contribution is 2.35. The van der Waals surface area contributed by atoms with Gasteiger partial charge < -0.3 is 10.3 Å². The molecule has 26 heavy (non-hydrogen) atoms. The van der Waals surface area contributed by atoms with Crippen LogP contribution in [0.1, 0.15) is 19.0 Å². The van der Waals surface area contributed by atoms with Gasteiger partial charge in [0.25, 0.3) is 11.2 Å². The van der Waals surface area contributed by atoms with E-state index in [0.717, 1.165) is 18.2 Å². The minimum Gasteiger partial charge on any atom is -0.323 e. The molecule has 0 spiro atoms. The van der Waals surface area contributed by atoms with E-state index in [1.54, 1.807) is 0 Å². The van der Waals surface area contributed by atoms with Crippen LogP contribution in [0.2, 0.25) is 0 Å². The number of rotatable bonds is 7. The van der Waals surface area contributed by atoms with E-state index < -0.39 is 4.92 Å². The molecule has 8 nitrogen and oxygen atoms in total. The third-order valence-corrected chi connectivity index (χ3v) is 5.25. The van der Waals surface area contributed by atoms with Crippen LogP contribution in [0.5, 0.6) is 0 Å². The molecule has 0 saturated carbocycles. The molecule has 0 aliphatic heterocycles. The average Bonchev–Trinajstić information content (AvgIpc) is 2.56. The van der Waals surface area contributed by atoms with E-state index in [0.29, 0.717) is 31.9 Å². The van der Waals surface area contributed by atoms with Gasteiger partial charge in [0.15, 0.2) is 5.16 Å². The first-order valence-electron chi connectivity index (χ1n) is 7.46. The summed E-state index contributed by atoms with van der Waals surface area (Å²) in [5, 5.41) is 13.9. The number of carbonyl (C=O) groups excluding carboxylic acids is 1. The average molecular weight is 506 g/mol. The first kappa shape index (κ1) is 20.6. The maximum absolute atomic E-state index is 12.2. The minimum atomic E-state index is -0.526. The lowest BCUT2D eigenvalue weighted by molar-refractivity contribution is -0.385. The number of anilines is 1. The number of H-pyrrole nitrogens is 1. The van der Waals surface area contributed by atoms with Crippen molar-refractivity contribution in [3.8, 4) is 0 Å². The number of benzene rings is 1. The maximum Gasteiger partial charge on any atom is 0.271 e. The molecule has 11 heteroatoms. The summed E-state index contributed by atoms with van der Waals surface area (Å²) >= 11 is 7.53. The molecule has 0 unspecified atom stereocenters. The molecular weight excluding hydrogens is 492 g/mol. The smallest absolute Gasteiger partial charge is 0.271 e. The van der Waals surface area contributed by atoms with E-state index >= 15 is 0 Å². The number of nitrogens with zero attached hydrogens (tertiary/aromatic N) is 2. The highest BCUT2D eigenvalue weighted by atomic mass is 79.9. The van der Waals surface area contributed by atoms with E-state index in [9.17, 15) is 19.7 Å². The zero-order valence-electron chi connectivity index (χ0n) is 13.5. The lowest BCUT2D eigenvalue weighted by Gasteiger charge is -2.09. The molecule has 1 aromatic heterocycles. The number of aryl methyl sites for hydroxylation is 1. The lowest BCUT2D eigenvalue weighted by atomic mass is 10.2. The van der Waals surface area contributed by atoms with Crippen molar-refractivity contribution >= 4 is 60.9 Å². The molecule has 0 aliphatic rings. The summed E-state index contributed by atoms with van der Waals surface area (Å²) in [4.78, 5) is 41.0. The molecule has 0 fully saturated rings. The largest absolute Gasteiger partial charge is 0.323 e. The highest BCUT2D eigenvalue weighted by Gasteiger charge is 2.16. The normalized spacial score (nSPS) is 10.6. The van der Waals surface area contributed by atoms with Crippen molar-refractivity contribution in [3.63, 3.8) is 0 Å². The van der Waals surface area contributed by atoms with Gasteiger partial charge in [-0.05, 0) is 38.3 Å². The number of carbonyl (C=O) groups is 1. The molecule has 1 amide bonds. The summed E-state index contributed by atoms with van der Waals surface area (Å²) in [5.74, 6) is -0.317. The summed E-state index contributed by atoms with van der Waals surface area (Å²) in [6.07, 6.45) is 1.55. The van der Waals surface area contributed by atoms with Crippen molar-refractivity contribution in [1.82, 2.24) is 9.97 Å². The fraction of sp³-hybridized carbons (Fsp3) is 0.267. The van der Waals surface area contributed by atoms with Gasteiger partial charge in [-0.25, -0.2) is 4.98 Å². The molecule has 1 aromatic carbocycles. The summed E-state index contributed by atoms with van der Waals surface area (Å²) in [6.45, 7) is 1.99. The molecule has 0 atom stereocenters. The Hall–Kier alpha value is -1.72. The Morgan fingerprint density at radius 3 is 2.58 bits per heavy atom. The van der Waals surface area contributed by atoms with E-state index in [1.807, 2.05) is 6.92 Å². The number of hydrogen-bond donors (Lipinski definition) is 2. The highest BCUT2D eigenvalue weighted by molar-refractivity contribution is 9.11. The Morgan fingerprint density at radius 2 is 2.00 bits per heavy atom. The Morgan fingerprint density at radius 1 is 1.35 bits per heavy atom. The van der Waals surface area contributed by atoms with Crippen molar-refractivity contribution in [2.24, 2.45) is 0 Å². The Bertz CT molecular complexity index is 880. The molecule has 0 radical (unpaired) electrons. The van der Waals surface area contributed by atoms with Gasteiger partial charge in [0.05, 0.1) is 16.4 Å². The van der Waals surface area contributed by atoms with Crippen LogP contribution in [-0.2, 0) is 11.2 Å². The molecule has 1 heterocycles. The molecule has 2 N–H and O–H groups in total. The number of amides is 1. The number of halogens is 2. The van der Waals surface area contributed by atoms with E-state index in [2.05, 4.69) is 47.1 Å². The summed E-state index contributed by atoms with van der Waals surface area (Å²) in [6, 6.07) is 4.06. The van der Waals surface area contributed by atoms with Crippen LogP contribution in [0, 0.1) is 10.1 Å². The molecule has 0 saturated heterocycles. The summed E-state index contributed by atoms with van der Waals surface area (Å²) < 4.78 is 0.766. The Balaban J connectivity index is 2.06. The second-order valence-electron chi connectivity index (χ2n) is 5.17. The number of aromatic amines is 1. The molecular formula is C15H14Br2N4O4S. The van der Waals surface area contributed by atoms with E-state index in [-0.39, 0.29) is 22.9 Å². The molecule has 2 rings (SSSR count). The van der Waals surface area contributed by atoms with Gasteiger partial charge in [-0.1, -0.05) is 25.1 Å². The van der Waals surface area contributed by atoms with Crippen LogP contribution in [0.4, 0.5) is 11.4 Å². The Labute approximate surface area is 169 Å². The Kier molecular flexibility index (Phi) is 7.35. The van der Waals surface area contributed by atoms with Crippen molar-refractivity contribution < 1.29 is 9.72 Å². The van der Waals surface area contributed by atoms with Crippen molar-refractivity contribution in [2.75, 3.05) is 11.1 Å². The second kappa shape index (κ2) is 9.28. The maximum atomic E-state index is 12.2. The zero-order valence-corrected chi connectivity index (χ0v) is 17.5. The lowest BCUT2D eigenvalue weighted by Crippen LogP contribution is -2.16. The quantitative estimate of drug-likeness (QED) is 0.255. The first-order chi connectivity index (χ1) is 12.3. The van der Waals surface area contributed by atoms with E-state index in [1.165, 1.54) is 18.2 Å². The van der Waals surface area contributed by atoms with Crippen LogP contribution in [0.15, 0.2) is 37.1 Å². The minimum absolute atomic E-state index is 0.0222. The van der Waals surface area contributed by atoms with Gasteiger partial charge >= 0.3 is 0 Å². The number of non-ortho nitro benzene ring substituents is 1. The third kappa shape index (κ3) is 5.64. The van der Waals surface area contributed by atoms with Gasteiger partial charge in [0.2, 0.25) is 5.91 Å². The number of nitro groups is 1. The fourth-order valence-electron chi connectivity index (χ4n) is 2.03. The number of thioether (sulfide) groups is 1. The van der Waals surface area contributed by atoms with Crippen LogP contribution >= 0.6 is 43.6 Å². The van der Waals surface area contributed by atoms with Gasteiger partial charge in [-0.2, -0.15) is 0 Å². The van der Waals surface area contributed by atoms with Crippen LogP contribution in [0.25, 0.3) is 0 Å². The summed E-state index contributed by atoms with van der Waals surface area (Å²) in [5.41, 5.74) is 0.709. The van der Waals surface area contributed by atoms with Crippen LogP contribution in [0.3, 0.4) is 0 Å². The molecule has 0 bridgehead atoms. The summed E-state index contributed by atoms with van der Waals surface area (Å²) in [7, 11) is 0. The topological polar surface area (TPSA) is 118 Å². The first-order valence-corrected chi connectivity index (χ1v) is 10.0. The number of nitrogens with one attached hydrogen (secondary N) is 2. The molecule has 138 valence electrons. The van der Waals surface area contributed by atoms with Gasteiger partial charge in [0, 0.05) is 32.8 Å². The molecule has 2 aromatic rings. The number of hydrogen-bond acceptors (Lipinski definition) is 6. The van der Waals surface area contributed by atoms with Crippen LogP contribution in [-0.4, -0.2) is 26.6 Å². The second-order valence-corrected chi connectivity index (χ2v) is 7.84. The van der Waals surface area contributed by atoms with Gasteiger partial charge in [0.1, 0.15) is 0 Å². The zero-order chi connectivity index (χ0) is 19.3. The molecule has 0 aliphatic carbocycles. The predicted octanol–water partition coefficient (Wildman–Crippen LogP) is 3.89. The van der Waals surface area contributed by atoms with Crippen LogP contribution < -0.4 is 10.9 Å². The SMILES string of the molecule is CCCc1cc(=O)[nH]c(SCC(=O)Nc2c(Br)cc([N+](=O)[O-])cc2Br)n1. The standard InChI is InChI=1S/C15H14Br2N4O4S/c1-2-3-8-4-12(22)20-15(18-8)26-7-13(23)19-14-10(16)5-9(21(24)25)6-11(14)17/h4-6H,2-3,7H2,1H3,(H,19,23)(H,18,20,22). The third-order valence-electron chi connectivity index (χ3n) is 3.12. The van der Waals surface area contributed by atoms with Crippen molar-refractivity contribution in [3.05, 3.63) is 53.3 Å². The van der Waals surface area contributed by atoms with Gasteiger partial charge in [-0.15, -0.1) is 0 Å². The monoisotopic (exact) mass is 504 g/mol. The number of nitro benzene ring substituents is 1.